The van der Waals surface area contributed by atoms with Crippen LogP contribution in [0.5, 0.6) is 0 Å². The Morgan fingerprint density at radius 3 is 2.82 bits per heavy atom. The van der Waals surface area contributed by atoms with E-state index in [0.29, 0.717) is 19.0 Å². The zero-order valence-electron chi connectivity index (χ0n) is 13.1. The van der Waals surface area contributed by atoms with Crippen LogP contribution >= 0.6 is 0 Å². The second-order valence-corrected chi connectivity index (χ2v) is 6.35. The highest BCUT2D eigenvalue weighted by Gasteiger charge is 2.42. The van der Waals surface area contributed by atoms with Crippen LogP contribution in [0.25, 0.3) is 0 Å². The summed E-state index contributed by atoms with van der Waals surface area (Å²) in [6.07, 6.45) is 2.45. The van der Waals surface area contributed by atoms with Crippen molar-refractivity contribution in [1.29, 1.82) is 0 Å². The van der Waals surface area contributed by atoms with E-state index < -0.39 is 0 Å². The van der Waals surface area contributed by atoms with E-state index in [1.54, 1.807) is 0 Å². The normalized spacial score (nSPS) is 21.1. The van der Waals surface area contributed by atoms with Gasteiger partial charge in [-0.3, -0.25) is 9.59 Å². The van der Waals surface area contributed by atoms with Crippen LogP contribution in [0.3, 0.4) is 0 Å². The molecule has 0 unspecified atom stereocenters. The molecule has 22 heavy (non-hydrogen) atoms. The lowest BCUT2D eigenvalue weighted by molar-refractivity contribution is -0.149. The molecule has 0 N–H and O–H groups in total. The maximum atomic E-state index is 12.2. The number of anilines is 1. The third-order valence-corrected chi connectivity index (χ3v) is 4.29. The van der Waals surface area contributed by atoms with Crippen LogP contribution in [0, 0.1) is 5.92 Å². The average Bonchev–Trinajstić information content (AvgIpc) is 3.27. The van der Waals surface area contributed by atoms with E-state index >= 15 is 0 Å². The van der Waals surface area contributed by atoms with Gasteiger partial charge in [0.15, 0.2) is 0 Å². The van der Waals surface area contributed by atoms with Crippen molar-refractivity contribution in [3.05, 3.63) is 29.8 Å². The standard InChI is InChI=1S/C17H22N2O3/c1-18(2)15-5-3-4-12(8-15)11-22-17(21)13-9-16(20)19(10-13)14-6-7-14/h3-5,8,13-14H,6-7,9-11H2,1-2H3/t13-/m0/s1. The lowest BCUT2D eigenvalue weighted by atomic mass is 10.1. The van der Waals surface area contributed by atoms with Gasteiger partial charge in [-0.05, 0) is 30.5 Å². The Morgan fingerprint density at radius 2 is 2.14 bits per heavy atom. The number of rotatable bonds is 5. The third kappa shape index (κ3) is 3.24. The van der Waals surface area contributed by atoms with E-state index in [1.807, 2.05) is 48.2 Å². The number of benzene rings is 1. The molecular weight excluding hydrogens is 280 g/mol. The Hall–Kier alpha value is -2.04. The summed E-state index contributed by atoms with van der Waals surface area (Å²) >= 11 is 0. The zero-order chi connectivity index (χ0) is 15.7. The smallest absolute Gasteiger partial charge is 0.311 e. The fourth-order valence-corrected chi connectivity index (χ4v) is 2.83. The molecule has 1 amide bonds. The first-order valence-corrected chi connectivity index (χ1v) is 7.77. The van der Waals surface area contributed by atoms with Gasteiger partial charge in [-0.25, -0.2) is 0 Å². The highest BCUT2D eigenvalue weighted by molar-refractivity contribution is 5.87. The Bertz CT molecular complexity index is 581. The van der Waals surface area contributed by atoms with Crippen molar-refractivity contribution in [3.8, 4) is 0 Å². The van der Waals surface area contributed by atoms with Crippen molar-refractivity contribution in [1.82, 2.24) is 4.90 Å². The summed E-state index contributed by atoms with van der Waals surface area (Å²) in [5.41, 5.74) is 2.03. The monoisotopic (exact) mass is 302 g/mol. The van der Waals surface area contributed by atoms with Crippen molar-refractivity contribution in [2.45, 2.75) is 31.9 Å². The van der Waals surface area contributed by atoms with Crippen molar-refractivity contribution in [3.63, 3.8) is 0 Å². The molecule has 1 saturated heterocycles. The number of amides is 1. The lowest BCUT2D eigenvalue weighted by Gasteiger charge is -2.15. The summed E-state index contributed by atoms with van der Waals surface area (Å²) in [4.78, 5) is 27.9. The molecule has 0 spiro atoms. The number of ether oxygens (including phenoxy) is 1. The van der Waals surface area contributed by atoms with Crippen LogP contribution in [0.15, 0.2) is 24.3 Å². The minimum atomic E-state index is -0.301. The van der Waals surface area contributed by atoms with Gasteiger partial charge in [-0.15, -0.1) is 0 Å². The first-order chi connectivity index (χ1) is 10.5. The number of hydrogen-bond donors (Lipinski definition) is 0. The van der Waals surface area contributed by atoms with Gasteiger partial charge < -0.3 is 14.5 Å². The molecule has 1 aliphatic heterocycles. The number of esters is 1. The molecule has 5 nitrogen and oxygen atoms in total. The molecule has 0 radical (unpaired) electrons. The quantitative estimate of drug-likeness (QED) is 0.778. The summed E-state index contributed by atoms with van der Waals surface area (Å²) < 4.78 is 5.41. The van der Waals surface area contributed by atoms with Gasteiger partial charge in [-0.2, -0.15) is 0 Å². The van der Waals surface area contributed by atoms with Gasteiger partial charge in [0.1, 0.15) is 6.61 Å². The van der Waals surface area contributed by atoms with E-state index in [9.17, 15) is 9.59 Å². The molecule has 1 heterocycles. The topological polar surface area (TPSA) is 49.9 Å². The molecule has 2 aliphatic rings. The van der Waals surface area contributed by atoms with Gasteiger partial charge in [0, 0.05) is 38.8 Å². The summed E-state index contributed by atoms with van der Waals surface area (Å²) in [6, 6.07) is 8.28. The Morgan fingerprint density at radius 1 is 1.36 bits per heavy atom. The van der Waals surface area contributed by atoms with Gasteiger partial charge in [0.2, 0.25) is 5.91 Å². The number of likely N-dealkylation sites (tertiary alicyclic amines) is 1. The molecule has 1 aromatic rings. The van der Waals surface area contributed by atoms with Crippen LogP contribution in [0.4, 0.5) is 5.69 Å². The van der Waals surface area contributed by atoms with Crippen molar-refractivity contribution in [2.75, 3.05) is 25.5 Å². The van der Waals surface area contributed by atoms with Gasteiger partial charge >= 0.3 is 5.97 Å². The van der Waals surface area contributed by atoms with E-state index in [-0.39, 0.29) is 24.4 Å². The van der Waals surface area contributed by atoms with E-state index in [1.165, 1.54) is 0 Å². The fraction of sp³-hybridized carbons (Fsp3) is 0.529. The van der Waals surface area contributed by atoms with E-state index in [0.717, 1.165) is 24.1 Å². The number of nitrogens with zero attached hydrogens (tertiary/aromatic N) is 2. The minimum absolute atomic E-state index is 0.0963. The molecule has 1 saturated carbocycles. The molecule has 3 rings (SSSR count). The highest BCUT2D eigenvalue weighted by atomic mass is 16.5. The molecule has 1 aliphatic carbocycles. The predicted molar refractivity (Wildman–Crippen MR) is 83.4 cm³/mol. The first kappa shape index (κ1) is 14.9. The first-order valence-electron chi connectivity index (χ1n) is 7.77. The maximum Gasteiger partial charge on any atom is 0.311 e. The van der Waals surface area contributed by atoms with E-state index in [2.05, 4.69) is 0 Å². The SMILES string of the molecule is CN(C)c1cccc(COC(=O)[C@H]2CC(=O)N(C3CC3)C2)c1. The zero-order valence-corrected chi connectivity index (χ0v) is 13.1. The van der Waals surface area contributed by atoms with Gasteiger partial charge in [0.25, 0.3) is 0 Å². The molecule has 0 aromatic heterocycles. The second-order valence-electron chi connectivity index (χ2n) is 6.35. The molecule has 0 bridgehead atoms. The van der Waals surface area contributed by atoms with Gasteiger partial charge in [-0.1, -0.05) is 12.1 Å². The Kier molecular flexibility index (Phi) is 4.05. The highest BCUT2D eigenvalue weighted by Crippen LogP contribution is 2.33. The van der Waals surface area contributed by atoms with Crippen molar-refractivity contribution >= 4 is 17.6 Å². The average molecular weight is 302 g/mol. The van der Waals surface area contributed by atoms with Crippen LogP contribution in [-0.4, -0.2) is 43.5 Å². The maximum absolute atomic E-state index is 12.2. The van der Waals surface area contributed by atoms with Crippen LogP contribution in [0.2, 0.25) is 0 Å². The third-order valence-electron chi connectivity index (χ3n) is 4.29. The number of hydrogen-bond acceptors (Lipinski definition) is 4. The lowest BCUT2D eigenvalue weighted by Crippen LogP contribution is -2.28. The summed E-state index contributed by atoms with van der Waals surface area (Å²) in [5, 5.41) is 0. The minimum Gasteiger partial charge on any atom is -0.461 e. The molecule has 1 aromatic carbocycles. The summed E-state index contributed by atoms with van der Waals surface area (Å²) in [6.45, 7) is 0.786. The second kappa shape index (κ2) is 5.99. The predicted octanol–water partition coefficient (Wildman–Crippen LogP) is 1.81. The molecule has 5 heteroatoms. The van der Waals surface area contributed by atoms with Crippen LogP contribution in [0.1, 0.15) is 24.8 Å². The summed E-state index contributed by atoms with van der Waals surface area (Å²) in [7, 11) is 3.95. The molecule has 1 atom stereocenters. The largest absolute Gasteiger partial charge is 0.461 e. The van der Waals surface area contributed by atoms with E-state index in [4.69, 9.17) is 4.74 Å². The Balaban J connectivity index is 1.54. The number of carbonyl (C=O) groups is 2. The van der Waals surface area contributed by atoms with Crippen molar-refractivity contribution in [2.24, 2.45) is 5.92 Å². The molecule has 2 fully saturated rings. The van der Waals surface area contributed by atoms with Crippen LogP contribution < -0.4 is 4.90 Å². The molecule has 118 valence electrons. The summed E-state index contributed by atoms with van der Waals surface area (Å²) in [5.74, 6) is -0.462. The number of carbonyl (C=O) groups excluding carboxylic acids is 2. The fourth-order valence-electron chi connectivity index (χ4n) is 2.83. The van der Waals surface area contributed by atoms with Crippen molar-refractivity contribution < 1.29 is 14.3 Å². The molecular formula is C17H22N2O3. The van der Waals surface area contributed by atoms with Gasteiger partial charge in [0.05, 0.1) is 5.92 Å². The Labute approximate surface area is 130 Å². The van der Waals surface area contributed by atoms with Crippen LogP contribution in [-0.2, 0) is 20.9 Å².